The van der Waals surface area contributed by atoms with E-state index in [4.69, 9.17) is 6.42 Å². The minimum atomic E-state index is 0.694. The van der Waals surface area contributed by atoms with E-state index >= 15 is 0 Å². The van der Waals surface area contributed by atoms with Crippen molar-refractivity contribution in [3.63, 3.8) is 0 Å². The van der Waals surface area contributed by atoms with Gasteiger partial charge in [0, 0.05) is 17.8 Å². The number of rotatable bonds is 3. The van der Waals surface area contributed by atoms with E-state index in [-0.39, 0.29) is 0 Å². The molecule has 1 heterocycles. The fourth-order valence-corrected chi connectivity index (χ4v) is 2.30. The van der Waals surface area contributed by atoms with Crippen LogP contribution in [-0.4, -0.2) is 11.4 Å². The molecule has 0 spiro atoms. The van der Waals surface area contributed by atoms with Crippen LogP contribution in [0.3, 0.4) is 0 Å². The maximum absolute atomic E-state index is 5.54. The maximum atomic E-state index is 5.54. The van der Waals surface area contributed by atoms with Crippen LogP contribution in [0.15, 0.2) is 72.5 Å². The molecule has 0 amide bonds. The van der Waals surface area contributed by atoms with Crippen molar-refractivity contribution in [2.45, 2.75) is 6.92 Å². The van der Waals surface area contributed by atoms with E-state index in [1.54, 1.807) is 0 Å². The second-order valence-corrected chi connectivity index (χ2v) is 4.45. The van der Waals surface area contributed by atoms with Gasteiger partial charge in [0.1, 0.15) is 0 Å². The van der Waals surface area contributed by atoms with Crippen molar-refractivity contribution in [3.05, 3.63) is 78.0 Å². The Bertz CT molecular complexity index is 609. The lowest BCUT2D eigenvalue weighted by molar-refractivity contribution is 0.549. The largest absolute Gasteiger partial charge is 0.336 e. The third-order valence-electron chi connectivity index (χ3n) is 3.16. The molecule has 94 valence electrons. The molecule has 0 saturated carbocycles. The van der Waals surface area contributed by atoms with Gasteiger partial charge in [0.15, 0.2) is 0 Å². The van der Waals surface area contributed by atoms with Gasteiger partial charge in [-0.25, -0.2) is 0 Å². The molecule has 1 aromatic carbocycles. The highest BCUT2D eigenvalue weighted by molar-refractivity contribution is 5.75. The molecular formula is C18H17N. The quantitative estimate of drug-likeness (QED) is 0.576. The standard InChI is InChI=1S/C18H17N/c1-5-12-19-15(4)16(6-2)13-14(3)18(19)17-10-8-7-9-11-17/h2,5,7-11,13H,1,4,12H2,3H3. The predicted molar refractivity (Wildman–Crippen MR) is 82.0 cm³/mol. The Kier molecular flexibility index (Phi) is 3.73. The van der Waals surface area contributed by atoms with Crippen molar-refractivity contribution >= 4 is 5.70 Å². The van der Waals surface area contributed by atoms with E-state index in [0.717, 1.165) is 28.1 Å². The molecule has 0 bridgehead atoms. The molecule has 19 heavy (non-hydrogen) atoms. The second-order valence-electron chi connectivity index (χ2n) is 4.45. The summed E-state index contributed by atoms with van der Waals surface area (Å²) in [5.41, 5.74) is 5.14. The average molecular weight is 247 g/mol. The van der Waals surface area contributed by atoms with Crippen LogP contribution in [0.1, 0.15) is 12.5 Å². The lowest BCUT2D eigenvalue weighted by Crippen LogP contribution is -2.25. The molecule has 1 aliphatic heterocycles. The fourth-order valence-electron chi connectivity index (χ4n) is 2.30. The number of nitrogens with zero attached hydrogens (tertiary/aromatic N) is 1. The van der Waals surface area contributed by atoms with Crippen molar-refractivity contribution in [2.75, 3.05) is 6.54 Å². The van der Waals surface area contributed by atoms with Crippen LogP contribution in [-0.2, 0) is 0 Å². The molecule has 0 aromatic heterocycles. The molecule has 1 aromatic rings. The zero-order valence-corrected chi connectivity index (χ0v) is 11.2. The maximum Gasteiger partial charge on any atom is 0.0517 e. The van der Waals surface area contributed by atoms with Gasteiger partial charge < -0.3 is 4.90 Å². The SMILES string of the molecule is C#CC1=CC(C)=C(c2ccccc2)N(CC=C)C1=C. The number of benzene rings is 1. The Balaban J connectivity index is 2.59. The second kappa shape index (κ2) is 5.46. The van der Waals surface area contributed by atoms with Crippen LogP contribution in [0.2, 0.25) is 0 Å². The van der Waals surface area contributed by atoms with Crippen LogP contribution >= 0.6 is 0 Å². The van der Waals surface area contributed by atoms with Crippen LogP contribution in [0, 0.1) is 12.3 Å². The van der Waals surface area contributed by atoms with Crippen molar-refractivity contribution in [3.8, 4) is 12.3 Å². The first-order chi connectivity index (χ1) is 9.19. The van der Waals surface area contributed by atoms with Crippen molar-refractivity contribution in [2.24, 2.45) is 0 Å². The summed E-state index contributed by atoms with van der Waals surface area (Å²) in [7, 11) is 0. The molecule has 0 saturated heterocycles. The first-order valence-corrected chi connectivity index (χ1v) is 6.21. The molecule has 0 radical (unpaired) electrons. The molecule has 0 N–H and O–H groups in total. The highest BCUT2D eigenvalue weighted by atomic mass is 15.2. The first-order valence-electron chi connectivity index (χ1n) is 6.21. The Hall–Kier alpha value is -2.46. The Morgan fingerprint density at radius 2 is 2.00 bits per heavy atom. The Morgan fingerprint density at radius 3 is 2.58 bits per heavy atom. The van der Waals surface area contributed by atoms with Crippen molar-refractivity contribution < 1.29 is 0 Å². The minimum absolute atomic E-state index is 0.694. The summed E-state index contributed by atoms with van der Waals surface area (Å²) in [6.45, 7) is 10.7. The Labute approximate surface area is 115 Å². The summed E-state index contributed by atoms with van der Waals surface area (Å²) >= 11 is 0. The van der Waals surface area contributed by atoms with Gasteiger partial charge in [-0.05, 0) is 24.1 Å². The van der Waals surface area contributed by atoms with Gasteiger partial charge in [-0.3, -0.25) is 0 Å². The van der Waals surface area contributed by atoms with Gasteiger partial charge in [-0.15, -0.1) is 13.0 Å². The summed E-state index contributed by atoms with van der Waals surface area (Å²) in [4.78, 5) is 2.12. The molecule has 2 rings (SSSR count). The summed E-state index contributed by atoms with van der Waals surface area (Å²) in [5, 5.41) is 0. The van der Waals surface area contributed by atoms with Gasteiger partial charge in [-0.2, -0.15) is 0 Å². The van der Waals surface area contributed by atoms with E-state index in [1.807, 2.05) is 30.4 Å². The smallest absolute Gasteiger partial charge is 0.0517 e. The van der Waals surface area contributed by atoms with E-state index in [1.165, 1.54) is 0 Å². The summed E-state index contributed by atoms with van der Waals surface area (Å²) in [6.07, 6.45) is 9.42. The third kappa shape index (κ3) is 2.39. The highest BCUT2D eigenvalue weighted by Gasteiger charge is 2.21. The zero-order valence-electron chi connectivity index (χ0n) is 11.2. The normalized spacial score (nSPS) is 15.1. The number of hydrogen-bond donors (Lipinski definition) is 0. The van der Waals surface area contributed by atoms with Gasteiger partial charge in [-0.1, -0.05) is 48.9 Å². The molecule has 0 aliphatic carbocycles. The molecule has 1 nitrogen and oxygen atoms in total. The third-order valence-corrected chi connectivity index (χ3v) is 3.16. The van der Waals surface area contributed by atoms with E-state index in [9.17, 15) is 0 Å². The van der Waals surface area contributed by atoms with Gasteiger partial charge >= 0.3 is 0 Å². The first kappa shape index (κ1) is 13.0. The van der Waals surface area contributed by atoms with E-state index in [2.05, 4.69) is 43.0 Å². The monoisotopic (exact) mass is 247 g/mol. The van der Waals surface area contributed by atoms with Crippen LogP contribution in [0.4, 0.5) is 0 Å². The summed E-state index contributed by atoms with van der Waals surface area (Å²) < 4.78 is 0. The van der Waals surface area contributed by atoms with E-state index in [0.29, 0.717) is 6.54 Å². The summed E-state index contributed by atoms with van der Waals surface area (Å²) in [6, 6.07) is 10.3. The molecule has 1 aliphatic rings. The molecule has 0 unspecified atom stereocenters. The van der Waals surface area contributed by atoms with Crippen LogP contribution in [0.5, 0.6) is 0 Å². The van der Waals surface area contributed by atoms with Crippen molar-refractivity contribution in [1.82, 2.24) is 4.90 Å². The number of allylic oxidation sites excluding steroid dienone is 3. The summed E-state index contributed by atoms with van der Waals surface area (Å²) in [5.74, 6) is 2.70. The number of terminal acetylenes is 1. The molecule has 0 fully saturated rings. The van der Waals surface area contributed by atoms with E-state index < -0.39 is 0 Å². The lowest BCUT2D eigenvalue weighted by atomic mass is 9.97. The van der Waals surface area contributed by atoms with Crippen LogP contribution in [0.25, 0.3) is 5.70 Å². The fraction of sp³-hybridized carbons (Fsp3) is 0.111. The number of hydrogen-bond acceptors (Lipinski definition) is 1. The molecule has 0 atom stereocenters. The lowest BCUT2D eigenvalue weighted by Gasteiger charge is -2.33. The van der Waals surface area contributed by atoms with Crippen molar-refractivity contribution in [1.29, 1.82) is 0 Å². The molecule has 1 heteroatoms. The van der Waals surface area contributed by atoms with Gasteiger partial charge in [0.05, 0.1) is 5.70 Å². The molecular weight excluding hydrogens is 230 g/mol. The topological polar surface area (TPSA) is 3.24 Å². The van der Waals surface area contributed by atoms with Gasteiger partial charge in [0.2, 0.25) is 0 Å². The minimum Gasteiger partial charge on any atom is -0.336 e. The average Bonchev–Trinajstić information content (AvgIpc) is 2.44. The predicted octanol–water partition coefficient (Wildman–Crippen LogP) is 3.99. The highest BCUT2D eigenvalue weighted by Crippen LogP contribution is 2.34. The van der Waals surface area contributed by atoms with Crippen LogP contribution < -0.4 is 0 Å². The zero-order chi connectivity index (χ0) is 13.8. The Morgan fingerprint density at radius 1 is 1.32 bits per heavy atom. The van der Waals surface area contributed by atoms with Gasteiger partial charge in [0.25, 0.3) is 0 Å².